The third-order valence-corrected chi connectivity index (χ3v) is 6.57. The van der Waals surface area contributed by atoms with Gasteiger partial charge < -0.3 is 0 Å². The molecule has 1 unspecified atom stereocenters. The first-order valence-electron chi connectivity index (χ1n) is 7.75. The maximum Gasteiger partial charge on any atom is 0.243 e. The van der Waals surface area contributed by atoms with Crippen LogP contribution >= 0.6 is 0 Å². The van der Waals surface area contributed by atoms with Crippen LogP contribution in [0, 0.1) is 24.3 Å². The van der Waals surface area contributed by atoms with Gasteiger partial charge in [-0.2, -0.15) is 4.31 Å². The van der Waals surface area contributed by atoms with Crippen LogP contribution < -0.4 is 0 Å². The van der Waals surface area contributed by atoms with E-state index in [1.807, 2.05) is 19.1 Å². The zero-order valence-electron chi connectivity index (χ0n) is 13.9. The van der Waals surface area contributed by atoms with Crippen molar-refractivity contribution in [2.24, 2.45) is 5.92 Å². The third-order valence-electron chi connectivity index (χ3n) is 3.76. The minimum absolute atomic E-state index is 0.365. The van der Waals surface area contributed by atoms with Crippen LogP contribution in [0.25, 0.3) is 0 Å². The Bertz CT molecular complexity index is 678. The smallest absolute Gasteiger partial charge is 0.207 e. The van der Waals surface area contributed by atoms with Crippen molar-refractivity contribution in [2.45, 2.75) is 44.3 Å². The summed E-state index contributed by atoms with van der Waals surface area (Å²) in [6, 6.07) is 7.09. The van der Waals surface area contributed by atoms with E-state index >= 15 is 0 Å². The molecule has 1 saturated heterocycles. The monoisotopic (exact) mass is 335 g/mol. The molecule has 0 amide bonds. The molecule has 1 atom stereocenters. The molecular weight excluding hydrogens is 310 g/mol. The van der Waals surface area contributed by atoms with Gasteiger partial charge in [0.05, 0.1) is 4.90 Å². The highest BCUT2D eigenvalue weighted by atomic mass is 32.2. The van der Waals surface area contributed by atoms with E-state index in [1.165, 1.54) is 0 Å². The van der Waals surface area contributed by atoms with Gasteiger partial charge in [-0.05, 0) is 31.4 Å². The first-order valence-corrected chi connectivity index (χ1v) is 12.7. The highest BCUT2D eigenvalue weighted by Gasteiger charge is 2.32. The van der Waals surface area contributed by atoms with Crippen LogP contribution in [-0.2, 0) is 10.0 Å². The van der Waals surface area contributed by atoms with Gasteiger partial charge in [0, 0.05) is 19.5 Å². The van der Waals surface area contributed by atoms with Gasteiger partial charge in [0.1, 0.15) is 8.07 Å². The Kier molecular flexibility index (Phi) is 5.16. The van der Waals surface area contributed by atoms with Crippen LogP contribution in [0.4, 0.5) is 0 Å². The predicted molar refractivity (Wildman–Crippen MR) is 93.8 cm³/mol. The fourth-order valence-electron chi connectivity index (χ4n) is 2.50. The molecule has 0 bridgehead atoms. The Balaban J connectivity index is 2.03. The van der Waals surface area contributed by atoms with Gasteiger partial charge in [0.2, 0.25) is 10.0 Å². The Hall–Kier alpha value is -1.09. The molecule has 1 aromatic rings. The Labute approximate surface area is 135 Å². The summed E-state index contributed by atoms with van der Waals surface area (Å²) in [6.45, 7) is 9.83. The van der Waals surface area contributed by atoms with E-state index < -0.39 is 18.1 Å². The van der Waals surface area contributed by atoms with Crippen molar-refractivity contribution in [3.63, 3.8) is 0 Å². The van der Waals surface area contributed by atoms with Crippen LogP contribution in [0.2, 0.25) is 19.6 Å². The van der Waals surface area contributed by atoms with Crippen molar-refractivity contribution in [1.29, 1.82) is 0 Å². The average molecular weight is 336 g/mol. The lowest BCUT2D eigenvalue weighted by Crippen LogP contribution is -2.28. The molecule has 2 rings (SSSR count). The second kappa shape index (κ2) is 6.57. The molecule has 0 aromatic heterocycles. The van der Waals surface area contributed by atoms with E-state index in [1.54, 1.807) is 16.4 Å². The fraction of sp³-hybridized carbons (Fsp3) is 0.529. The zero-order chi connectivity index (χ0) is 16.4. The predicted octanol–water partition coefficient (Wildman–Crippen LogP) is 3.28. The molecule has 120 valence electrons. The largest absolute Gasteiger partial charge is 0.243 e. The van der Waals surface area contributed by atoms with E-state index in [4.69, 9.17) is 0 Å². The average Bonchev–Trinajstić information content (AvgIpc) is 2.87. The normalized spacial score (nSPS) is 19.7. The second-order valence-corrected chi connectivity index (χ2v) is 13.8. The lowest BCUT2D eigenvalue weighted by Gasteiger charge is -2.16. The van der Waals surface area contributed by atoms with Crippen molar-refractivity contribution >= 4 is 18.1 Å². The van der Waals surface area contributed by atoms with Crippen LogP contribution in [0.5, 0.6) is 0 Å². The molecule has 0 N–H and O–H groups in total. The van der Waals surface area contributed by atoms with Crippen molar-refractivity contribution in [1.82, 2.24) is 4.31 Å². The molecule has 0 aliphatic carbocycles. The number of hydrogen-bond donors (Lipinski definition) is 0. The maximum atomic E-state index is 12.6. The molecule has 1 aliphatic rings. The summed E-state index contributed by atoms with van der Waals surface area (Å²) in [5.74, 6) is 3.64. The molecule has 1 fully saturated rings. The summed E-state index contributed by atoms with van der Waals surface area (Å²) in [5, 5.41) is 0. The van der Waals surface area contributed by atoms with E-state index in [2.05, 4.69) is 31.1 Å². The quantitative estimate of drug-likeness (QED) is 0.628. The van der Waals surface area contributed by atoms with Crippen molar-refractivity contribution in [3.8, 4) is 11.5 Å². The van der Waals surface area contributed by atoms with Gasteiger partial charge >= 0.3 is 0 Å². The molecule has 22 heavy (non-hydrogen) atoms. The summed E-state index contributed by atoms with van der Waals surface area (Å²) in [7, 11) is -4.68. The van der Waals surface area contributed by atoms with Crippen LogP contribution in [0.1, 0.15) is 18.4 Å². The number of aryl methyl sites for hydroxylation is 1. The number of hydrogen-bond acceptors (Lipinski definition) is 2. The van der Waals surface area contributed by atoms with E-state index in [0.29, 0.717) is 23.9 Å². The number of benzene rings is 1. The summed E-state index contributed by atoms with van der Waals surface area (Å²) in [5.41, 5.74) is 4.43. The lowest BCUT2D eigenvalue weighted by atomic mass is 10.1. The van der Waals surface area contributed by atoms with Gasteiger partial charge in [0.15, 0.2) is 0 Å². The molecule has 3 nitrogen and oxygen atoms in total. The molecule has 5 heteroatoms. The summed E-state index contributed by atoms with van der Waals surface area (Å²) < 4.78 is 26.9. The number of sulfonamides is 1. The minimum Gasteiger partial charge on any atom is -0.207 e. The summed E-state index contributed by atoms with van der Waals surface area (Å²) in [6.07, 6.45) is 1.72. The highest BCUT2D eigenvalue weighted by Crippen LogP contribution is 2.26. The minimum atomic E-state index is -3.35. The van der Waals surface area contributed by atoms with Gasteiger partial charge in [-0.1, -0.05) is 37.3 Å². The van der Waals surface area contributed by atoms with Crippen molar-refractivity contribution in [3.05, 3.63) is 29.8 Å². The standard InChI is InChI=1S/C17H25NO2SSi/c1-15-7-9-17(10-8-15)21(19,20)18-12-11-16(14-18)6-5-13-22(2,3)4/h7-10,16H,6,11-12,14H2,1-4H3. The third kappa shape index (κ3) is 4.45. The highest BCUT2D eigenvalue weighted by molar-refractivity contribution is 7.89. The second-order valence-electron chi connectivity index (χ2n) is 7.09. The maximum absolute atomic E-state index is 12.6. The van der Waals surface area contributed by atoms with Gasteiger partial charge in [-0.25, -0.2) is 8.42 Å². The van der Waals surface area contributed by atoms with Crippen LogP contribution in [0.3, 0.4) is 0 Å². The number of rotatable bonds is 3. The Morgan fingerprint density at radius 2 is 1.86 bits per heavy atom. The summed E-state index contributed by atoms with van der Waals surface area (Å²) >= 11 is 0. The fourth-order valence-corrected chi connectivity index (χ4v) is 4.67. The lowest BCUT2D eigenvalue weighted by molar-refractivity contribution is 0.459. The number of nitrogens with zero attached hydrogens (tertiary/aromatic N) is 1. The first-order chi connectivity index (χ1) is 10.2. The Morgan fingerprint density at radius 1 is 1.23 bits per heavy atom. The van der Waals surface area contributed by atoms with E-state index in [9.17, 15) is 8.42 Å². The Morgan fingerprint density at radius 3 is 2.45 bits per heavy atom. The molecule has 0 spiro atoms. The first kappa shape index (κ1) is 17.3. The molecular formula is C17H25NO2SSi. The van der Waals surface area contributed by atoms with Crippen molar-refractivity contribution < 1.29 is 8.42 Å². The summed E-state index contributed by atoms with van der Waals surface area (Å²) in [4.78, 5) is 0.395. The molecule has 1 aromatic carbocycles. The SMILES string of the molecule is Cc1ccc(S(=O)(=O)N2CCC(CC#C[Si](C)(C)C)C2)cc1. The van der Waals surface area contributed by atoms with Gasteiger partial charge in [0.25, 0.3) is 0 Å². The molecule has 1 aliphatic heterocycles. The molecule has 0 radical (unpaired) electrons. The van der Waals surface area contributed by atoms with Gasteiger partial charge in [-0.15, -0.1) is 11.5 Å². The molecule has 1 heterocycles. The van der Waals surface area contributed by atoms with Crippen LogP contribution in [-0.4, -0.2) is 33.9 Å². The van der Waals surface area contributed by atoms with Gasteiger partial charge in [-0.3, -0.25) is 0 Å². The van der Waals surface area contributed by atoms with Crippen molar-refractivity contribution in [2.75, 3.05) is 13.1 Å². The topological polar surface area (TPSA) is 37.4 Å². The molecule has 0 saturated carbocycles. The van der Waals surface area contributed by atoms with E-state index in [0.717, 1.165) is 18.4 Å². The zero-order valence-corrected chi connectivity index (χ0v) is 15.7. The van der Waals surface area contributed by atoms with Crippen LogP contribution in [0.15, 0.2) is 29.2 Å². The van der Waals surface area contributed by atoms with E-state index in [-0.39, 0.29) is 0 Å².